The first-order valence-electron chi connectivity index (χ1n) is 15.6. The largest absolute Gasteiger partial charge is 0.301 e. The van der Waals surface area contributed by atoms with Crippen molar-refractivity contribution < 1.29 is 0 Å². The fourth-order valence-corrected chi connectivity index (χ4v) is 9.53. The van der Waals surface area contributed by atoms with Crippen molar-refractivity contribution >= 4 is 17.2 Å². The van der Waals surface area contributed by atoms with Gasteiger partial charge < -0.3 is 4.90 Å². The van der Waals surface area contributed by atoms with E-state index in [1.165, 1.54) is 42.6 Å². The average molecular weight is 528 g/mol. The molecule has 8 rings (SSSR count). The van der Waals surface area contributed by atoms with Crippen LogP contribution in [0.3, 0.4) is 0 Å². The Bertz CT molecular complexity index is 1470. The number of hydrogen-bond donors (Lipinski definition) is 0. The molecular formula is C37H41N3. The lowest BCUT2D eigenvalue weighted by atomic mass is 9.67. The molecule has 1 spiro atoms. The molecule has 2 bridgehead atoms. The van der Waals surface area contributed by atoms with Crippen LogP contribution in [0.4, 0.5) is 11.4 Å². The minimum Gasteiger partial charge on any atom is -0.301 e. The Kier molecular flexibility index (Phi) is 5.25. The molecule has 3 heteroatoms. The monoisotopic (exact) mass is 527 g/mol. The second-order valence-electron chi connectivity index (χ2n) is 13.5. The summed E-state index contributed by atoms with van der Waals surface area (Å²) < 4.78 is 0. The summed E-state index contributed by atoms with van der Waals surface area (Å²) in [5, 5.41) is 7.91. The van der Waals surface area contributed by atoms with Gasteiger partial charge in [0.1, 0.15) is 6.17 Å². The lowest BCUT2D eigenvalue weighted by molar-refractivity contribution is 0.239. The van der Waals surface area contributed by atoms with E-state index >= 15 is 0 Å². The highest BCUT2D eigenvalue weighted by molar-refractivity contribution is 6.12. The Balaban J connectivity index is 1.36. The van der Waals surface area contributed by atoms with E-state index in [0.717, 1.165) is 36.4 Å². The van der Waals surface area contributed by atoms with Crippen LogP contribution in [-0.2, 0) is 0 Å². The Labute approximate surface area is 239 Å². The van der Waals surface area contributed by atoms with Crippen LogP contribution in [0.1, 0.15) is 64.9 Å². The van der Waals surface area contributed by atoms with Gasteiger partial charge in [-0.2, -0.15) is 5.10 Å². The van der Waals surface area contributed by atoms with E-state index in [4.69, 9.17) is 5.10 Å². The highest BCUT2D eigenvalue weighted by atomic mass is 15.6. The van der Waals surface area contributed by atoms with Crippen LogP contribution in [0, 0.1) is 34.0 Å². The van der Waals surface area contributed by atoms with Gasteiger partial charge in [0.15, 0.2) is 5.84 Å². The first-order valence-corrected chi connectivity index (χ1v) is 15.6. The molecule has 0 aromatic heterocycles. The van der Waals surface area contributed by atoms with Gasteiger partial charge in [-0.15, -0.1) is 0 Å². The third-order valence-electron chi connectivity index (χ3n) is 11.9. The number of anilines is 2. The van der Waals surface area contributed by atoms with Crippen molar-refractivity contribution in [2.45, 2.75) is 65.5 Å². The van der Waals surface area contributed by atoms with E-state index in [2.05, 4.69) is 128 Å². The van der Waals surface area contributed by atoms with Crippen LogP contribution in [0.5, 0.6) is 0 Å². The molecule has 0 radical (unpaired) electrons. The van der Waals surface area contributed by atoms with Crippen LogP contribution in [0.25, 0.3) is 0 Å². The zero-order valence-corrected chi connectivity index (χ0v) is 24.1. The fourth-order valence-electron chi connectivity index (χ4n) is 9.53. The quantitative estimate of drug-likeness (QED) is 0.286. The molecule has 5 aliphatic rings. The smallest absolute Gasteiger partial charge is 0.162 e. The van der Waals surface area contributed by atoms with Crippen LogP contribution in [0.2, 0.25) is 0 Å². The van der Waals surface area contributed by atoms with Crippen molar-refractivity contribution in [1.29, 1.82) is 0 Å². The van der Waals surface area contributed by atoms with Gasteiger partial charge in [-0.25, -0.2) is 5.01 Å². The highest BCUT2D eigenvalue weighted by Gasteiger charge is 2.74. The molecule has 40 heavy (non-hydrogen) atoms. The number of fused-ring (bicyclic) bond motifs is 1. The van der Waals surface area contributed by atoms with Gasteiger partial charge in [-0.3, -0.25) is 0 Å². The number of nitrogens with zero attached hydrogens (tertiary/aromatic N) is 3. The number of benzene rings is 3. The zero-order valence-electron chi connectivity index (χ0n) is 24.1. The summed E-state index contributed by atoms with van der Waals surface area (Å²) in [5.41, 5.74) is 6.25. The number of amidine groups is 1. The van der Waals surface area contributed by atoms with E-state index in [9.17, 15) is 0 Å². The maximum absolute atomic E-state index is 5.53. The molecular weight excluding hydrogens is 486 g/mol. The van der Waals surface area contributed by atoms with Gasteiger partial charge in [-0.1, -0.05) is 99.2 Å². The second kappa shape index (κ2) is 8.59. The van der Waals surface area contributed by atoms with Crippen LogP contribution in [0.15, 0.2) is 108 Å². The topological polar surface area (TPSA) is 18.8 Å². The van der Waals surface area contributed by atoms with Crippen molar-refractivity contribution in [3.63, 3.8) is 0 Å². The SMILES string of the molecule is CCC(CC)(C1=CC2(C)CC23CCC2C(C3)C12)C1N(c2ccccc2)N=C(c2ccccc2)N1c1ccccc1. The third kappa shape index (κ3) is 3.27. The van der Waals surface area contributed by atoms with E-state index in [1.54, 1.807) is 5.57 Å². The first kappa shape index (κ1) is 24.5. The van der Waals surface area contributed by atoms with Crippen molar-refractivity contribution in [2.24, 2.45) is 39.1 Å². The van der Waals surface area contributed by atoms with Gasteiger partial charge in [-0.05, 0) is 91.4 Å². The number of rotatable bonds is 7. The van der Waals surface area contributed by atoms with Crippen molar-refractivity contribution in [3.05, 3.63) is 108 Å². The van der Waals surface area contributed by atoms with Crippen LogP contribution >= 0.6 is 0 Å². The lowest BCUT2D eigenvalue weighted by Crippen LogP contribution is -2.55. The van der Waals surface area contributed by atoms with Crippen molar-refractivity contribution in [1.82, 2.24) is 0 Å². The third-order valence-corrected chi connectivity index (χ3v) is 11.9. The van der Waals surface area contributed by atoms with E-state index in [1.807, 2.05) is 0 Å². The predicted molar refractivity (Wildman–Crippen MR) is 165 cm³/mol. The molecule has 0 N–H and O–H groups in total. The number of para-hydroxylation sites is 2. The summed E-state index contributed by atoms with van der Waals surface area (Å²) in [7, 11) is 0. The van der Waals surface area contributed by atoms with Crippen LogP contribution < -0.4 is 9.91 Å². The number of hydrogen-bond acceptors (Lipinski definition) is 3. The summed E-state index contributed by atoms with van der Waals surface area (Å²) in [5.74, 6) is 3.59. The molecule has 3 saturated carbocycles. The normalized spacial score (nSPS) is 33.6. The summed E-state index contributed by atoms with van der Waals surface area (Å²) in [4.78, 5) is 2.59. The second-order valence-corrected chi connectivity index (χ2v) is 13.5. The molecule has 0 amide bonds. The summed E-state index contributed by atoms with van der Waals surface area (Å²) in [6, 6.07) is 32.8. The molecule has 6 atom stereocenters. The first-order chi connectivity index (χ1) is 19.5. The van der Waals surface area contributed by atoms with Gasteiger partial charge in [0, 0.05) is 16.7 Å². The highest BCUT2D eigenvalue weighted by Crippen LogP contribution is 2.81. The van der Waals surface area contributed by atoms with Gasteiger partial charge in [0.2, 0.25) is 0 Å². The summed E-state index contributed by atoms with van der Waals surface area (Å²) >= 11 is 0. The average Bonchev–Trinajstić information content (AvgIpc) is 3.78. The summed E-state index contributed by atoms with van der Waals surface area (Å²) in [6.07, 6.45) is 10.8. The van der Waals surface area contributed by atoms with Crippen molar-refractivity contribution in [3.8, 4) is 0 Å². The summed E-state index contributed by atoms with van der Waals surface area (Å²) in [6.45, 7) is 7.48. The lowest BCUT2D eigenvalue weighted by Gasteiger charge is -2.48. The molecule has 3 aromatic carbocycles. The van der Waals surface area contributed by atoms with Gasteiger partial charge in [0.25, 0.3) is 0 Å². The van der Waals surface area contributed by atoms with Crippen LogP contribution in [-0.4, -0.2) is 12.0 Å². The Morgan fingerprint density at radius 3 is 2.10 bits per heavy atom. The van der Waals surface area contributed by atoms with E-state index in [-0.39, 0.29) is 11.6 Å². The molecule has 1 aliphatic heterocycles. The Hall–Kier alpha value is -3.33. The zero-order chi connectivity index (χ0) is 27.1. The fraction of sp³-hybridized carbons (Fsp3) is 0.432. The number of hydrazone groups is 1. The number of allylic oxidation sites excluding steroid dienone is 1. The molecule has 1 heterocycles. The molecule has 3 aromatic rings. The molecule has 4 aliphatic carbocycles. The maximum atomic E-state index is 5.53. The Morgan fingerprint density at radius 1 is 0.825 bits per heavy atom. The molecule has 3 fully saturated rings. The maximum Gasteiger partial charge on any atom is 0.162 e. The van der Waals surface area contributed by atoms with Gasteiger partial charge >= 0.3 is 0 Å². The molecule has 0 saturated heterocycles. The molecule has 3 nitrogen and oxygen atoms in total. The predicted octanol–water partition coefficient (Wildman–Crippen LogP) is 8.89. The minimum atomic E-state index is -0.0254. The van der Waals surface area contributed by atoms with Crippen molar-refractivity contribution in [2.75, 3.05) is 9.91 Å². The molecule has 204 valence electrons. The molecule has 6 unspecified atom stereocenters. The minimum absolute atomic E-state index is 0.0254. The standard InChI is InChI=1S/C37H41N3/c1-4-37(5-2,31-24-35(3)25-36(35)22-21-29-30(23-36)32(29)31)34-39(27-17-11-7-12-18-27)33(26-15-9-6-10-16-26)38-40(34)28-19-13-8-14-20-28/h6-20,24,29-30,32,34H,4-5,21-23,25H2,1-3H3. The van der Waals surface area contributed by atoms with E-state index < -0.39 is 0 Å². The van der Waals surface area contributed by atoms with Gasteiger partial charge in [0.05, 0.1) is 5.69 Å². The van der Waals surface area contributed by atoms with E-state index in [0.29, 0.717) is 10.8 Å². The Morgan fingerprint density at radius 2 is 1.45 bits per heavy atom.